The van der Waals surface area contributed by atoms with E-state index in [9.17, 15) is 13.2 Å². The summed E-state index contributed by atoms with van der Waals surface area (Å²) in [5.41, 5.74) is 2.46. The van der Waals surface area contributed by atoms with Gasteiger partial charge >= 0.3 is 0 Å². The lowest BCUT2D eigenvalue weighted by Crippen LogP contribution is -2.47. The maximum atomic E-state index is 12.7. The Morgan fingerprint density at radius 1 is 1.16 bits per heavy atom. The monoisotopic (exact) mass is 365 g/mol. The second-order valence-electron chi connectivity index (χ2n) is 6.98. The zero-order chi connectivity index (χ0) is 17.9. The predicted octanol–water partition coefficient (Wildman–Crippen LogP) is 1.05. The largest absolute Gasteiger partial charge is 0.358 e. The molecule has 7 heteroatoms. The summed E-state index contributed by atoms with van der Waals surface area (Å²) in [7, 11) is -1.86. The molecule has 3 rings (SSSR count). The van der Waals surface area contributed by atoms with Crippen molar-refractivity contribution in [3.63, 3.8) is 0 Å². The van der Waals surface area contributed by atoms with Gasteiger partial charge < -0.3 is 5.32 Å². The van der Waals surface area contributed by atoms with E-state index in [1.165, 1.54) is 17.5 Å². The third-order valence-corrected chi connectivity index (χ3v) is 6.70. The highest BCUT2D eigenvalue weighted by Gasteiger charge is 2.26. The van der Waals surface area contributed by atoms with Crippen LogP contribution in [-0.4, -0.2) is 51.9 Å². The number of benzene rings is 1. The second-order valence-corrected chi connectivity index (χ2v) is 8.70. The van der Waals surface area contributed by atoms with Gasteiger partial charge in [-0.15, -0.1) is 0 Å². The van der Waals surface area contributed by atoms with Crippen LogP contribution >= 0.6 is 0 Å². The molecular weight excluding hydrogens is 338 g/mol. The topological polar surface area (TPSA) is 78.5 Å². The van der Waals surface area contributed by atoms with Gasteiger partial charge in [-0.05, 0) is 61.8 Å². The standard InChI is InChI=1S/C18H27N3O3S/c1-19-18(22)13-21-10-8-16(9-11-21)20-25(23,24)17-7-6-14-4-2-3-5-15(14)12-17/h6-7,12,16,20H,2-5,8-11,13H2,1H3,(H,19,22). The van der Waals surface area contributed by atoms with Crippen LogP contribution in [0.1, 0.15) is 36.8 Å². The van der Waals surface area contributed by atoms with Gasteiger partial charge in [-0.25, -0.2) is 13.1 Å². The summed E-state index contributed by atoms with van der Waals surface area (Å²) in [6.45, 7) is 1.83. The van der Waals surface area contributed by atoms with E-state index in [4.69, 9.17) is 0 Å². The fourth-order valence-electron chi connectivity index (χ4n) is 3.66. The number of rotatable bonds is 5. The number of nitrogens with one attached hydrogen (secondary N) is 2. The van der Waals surface area contributed by atoms with Crippen molar-refractivity contribution in [2.24, 2.45) is 0 Å². The molecule has 0 radical (unpaired) electrons. The summed E-state index contributed by atoms with van der Waals surface area (Å²) >= 11 is 0. The molecule has 0 atom stereocenters. The number of nitrogens with zero attached hydrogens (tertiary/aromatic N) is 1. The molecule has 0 unspecified atom stereocenters. The van der Waals surface area contributed by atoms with E-state index in [0.29, 0.717) is 11.4 Å². The maximum Gasteiger partial charge on any atom is 0.240 e. The van der Waals surface area contributed by atoms with Gasteiger partial charge in [0, 0.05) is 26.2 Å². The minimum atomic E-state index is -3.49. The lowest BCUT2D eigenvalue weighted by Gasteiger charge is -2.31. The zero-order valence-electron chi connectivity index (χ0n) is 14.8. The van der Waals surface area contributed by atoms with E-state index in [2.05, 4.69) is 14.9 Å². The average Bonchev–Trinajstić information content (AvgIpc) is 2.62. The third-order valence-electron chi connectivity index (χ3n) is 5.19. The number of hydrogen-bond acceptors (Lipinski definition) is 4. The second kappa shape index (κ2) is 7.85. The van der Waals surface area contributed by atoms with Crippen molar-refractivity contribution in [1.29, 1.82) is 0 Å². The Labute approximate surface area is 150 Å². The number of aryl methyl sites for hydroxylation is 2. The minimum Gasteiger partial charge on any atom is -0.358 e. The fraction of sp³-hybridized carbons (Fsp3) is 0.611. The number of piperidine rings is 1. The number of likely N-dealkylation sites (tertiary alicyclic amines) is 1. The van der Waals surface area contributed by atoms with Crippen LogP contribution < -0.4 is 10.0 Å². The molecule has 1 aromatic carbocycles. The van der Waals surface area contributed by atoms with Crippen LogP contribution in [-0.2, 0) is 27.7 Å². The number of likely N-dealkylation sites (N-methyl/N-ethyl adjacent to an activating group) is 1. The van der Waals surface area contributed by atoms with Gasteiger partial charge in [0.1, 0.15) is 0 Å². The molecule has 1 aliphatic carbocycles. The number of hydrogen-bond donors (Lipinski definition) is 2. The van der Waals surface area contributed by atoms with E-state index >= 15 is 0 Å². The highest BCUT2D eigenvalue weighted by Crippen LogP contribution is 2.24. The Bertz CT molecular complexity index is 725. The lowest BCUT2D eigenvalue weighted by atomic mass is 9.92. The molecule has 0 saturated carbocycles. The van der Waals surface area contributed by atoms with Crippen LogP contribution in [0.15, 0.2) is 23.1 Å². The van der Waals surface area contributed by atoms with Crippen LogP contribution in [0.2, 0.25) is 0 Å². The van der Waals surface area contributed by atoms with Gasteiger partial charge in [-0.1, -0.05) is 6.07 Å². The first-order valence-corrected chi connectivity index (χ1v) is 10.5. The zero-order valence-corrected chi connectivity index (χ0v) is 15.6. The molecule has 0 spiro atoms. The van der Waals surface area contributed by atoms with Crippen molar-refractivity contribution in [1.82, 2.24) is 14.9 Å². The third kappa shape index (κ3) is 4.59. The molecule has 1 aromatic rings. The Hall–Kier alpha value is -1.44. The fourth-order valence-corrected chi connectivity index (χ4v) is 5.01. The molecule has 1 aliphatic heterocycles. The maximum absolute atomic E-state index is 12.7. The molecule has 2 aliphatic rings. The first-order chi connectivity index (χ1) is 12.0. The molecule has 0 bridgehead atoms. The Morgan fingerprint density at radius 3 is 2.52 bits per heavy atom. The van der Waals surface area contributed by atoms with E-state index in [1.807, 2.05) is 12.1 Å². The molecule has 1 saturated heterocycles. The van der Waals surface area contributed by atoms with Gasteiger partial charge in [-0.2, -0.15) is 0 Å². The van der Waals surface area contributed by atoms with Crippen molar-refractivity contribution >= 4 is 15.9 Å². The van der Waals surface area contributed by atoms with Crippen LogP contribution in [0.4, 0.5) is 0 Å². The van der Waals surface area contributed by atoms with Crippen molar-refractivity contribution in [2.45, 2.75) is 49.5 Å². The summed E-state index contributed by atoms with van der Waals surface area (Å²) in [6, 6.07) is 5.47. The Kier molecular flexibility index (Phi) is 5.76. The molecule has 138 valence electrons. The van der Waals surface area contributed by atoms with Gasteiger partial charge in [0.05, 0.1) is 11.4 Å². The molecule has 0 aromatic heterocycles. The molecule has 1 fully saturated rings. The summed E-state index contributed by atoms with van der Waals surface area (Å²) in [5, 5.41) is 2.62. The smallest absolute Gasteiger partial charge is 0.240 e. The molecule has 1 heterocycles. The van der Waals surface area contributed by atoms with Crippen LogP contribution in [0.5, 0.6) is 0 Å². The number of carbonyl (C=O) groups excluding carboxylic acids is 1. The number of fused-ring (bicyclic) bond motifs is 1. The molecule has 1 amide bonds. The average molecular weight is 365 g/mol. The van der Waals surface area contributed by atoms with Crippen LogP contribution in [0.3, 0.4) is 0 Å². The molecule has 25 heavy (non-hydrogen) atoms. The van der Waals surface area contributed by atoms with Crippen LogP contribution in [0, 0.1) is 0 Å². The van der Waals surface area contributed by atoms with Crippen molar-refractivity contribution in [3.05, 3.63) is 29.3 Å². The van der Waals surface area contributed by atoms with Crippen LogP contribution in [0.25, 0.3) is 0 Å². The number of sulfonamides is 1. The Morgan fingerprint density at radius 2 is 1.84 bits per heavy atom. The van der Waals surface area contributed by atoms with E-state index in [-0.39, 0.29) is 11.9 Å². The van der Waals surface area contributed by atoms with Gasteiger partial charge in [0.15, 0.2) is 0 Å². The number of carbonyl (C=O) groups is 1. The molecule has 2 N–H and O–H groups in total. The Balaban J connectivity index is 1.60. The number of amides is 1. The molecule has 6 nitrogen and oxygen atoms in total. The normalized spacial score (nSPS) is 19.4. The van der Waals surface area contributed by atoms with E-state index < -0.39 is 10.0 Å². The van der Waals surface area contributed by atoms with Crippen molar-refractivity contribution in [3.8, 4) is 0 Å². The first kappa shape index (κ1) is 18.4. The predicted molar refractivity (Wildman–Crippen MR) is 96.9 cm³/mol. The van der Waals surface area contributed by atoms with E-state index in [0.717, 1.165) is 45.2 Å². The van der Waals surface area contributed by atoms with E-state index in [1.54, 1.807) is 13.1 Å². The van der Waals surface area contributed by atoms with Crippen molar-refractivity contribution < 1.29 is 13.2 Å². The van der Waals surface area contributed by atoms with Gasteiger partial charge in [-0.3, -0.25) is 9.69 Å². The van der Waals surface area contributed by atoms with Gasteiger partial charge in [0.2, 0.25) is 15.9 Å². The quantitative estimate of drug-likeness (QED) is 0.818. The summed E-state index contributed by atoms with van der Waals surface area (Å²) in [4.78, 5) is 13.9. The highest BCUT2D eigenvalue weighted by molar-refractivity contribution is 7.89. The highest BCUT2D eigenvalue weighted by atomic mass is 32.2. The molecular formula is C18H27N3O3S. The summed E-state index contributed by atoms with van der Waals surface area (Å²) in [6.07, 6.45) is 5.78. The SMILES string of the molecule is CNC(=O)CN1CCC(NS(=O)(=O)c2ccc3c(c2)CCCC3)CC1. The summed E-state index contributed by atoms with van der Waals surface area (Å²) in [5.74, 6) is -0.00640. The van der Waals surface area contributed by atoms with Crippen molar-refractivity contribution in [2.75, 3.05) is 26.7 Å². The van der Waals surface area contributed by atoms with Gasteiger partial charge in [0.25, 0.3) is 0 Å². The minimum absolute atomic E-state index is 0.00640. The first-order valence-electron chi connectivity index (χ1n) is 9.05. The summed E-state index contributed by atoms with van der Waals surface area (Å²) < 4.78 is 28.3. The lowest BCUT2D eigenvalue weighted by molar-refractivity contribution is -0.122.